The number of anilines is 1. The smallest absolute Gasteiger partial charge is 0.337 e. The maximum absolute atomic E-state index is 12.5. The Labute approximate surface area is 263 Å². The van der Waals surface area contributed by atoms with E-state index in [1.54, 1.807) is 11.3 Å². The number of nitrogens with zero attached hydrogens (tertiary/aromatic N) is 4. The van der Waals surface area contributed by atoms with Crippen molar-refractivity contribution in [2.75, 3.05) is 31.8 Å². The summed E-state index contributed by atoms with van der Waals surface area (Å²) in [5, 5.41) is 6.99. The normalized spacial score (nSPS) is 24.9. The summed E-state index contributed by atoms with van der Waals surface area (Å²) in [6.45, 7) is 2.78. The second-order valence-corrected chi connectivity index (χ2v) is 13.9. The van der Waals surface area contributed by atoms with Crippen molar-refractivity contribution in [1.82, 2.24) is 14.8 Å². The molecule has 0 amide bonds. The number of carbonyl (C=O) groups excluding carboxylic acids is 1. The van der Waals surface area contributed by atoms with Crippen LogP contribution in [0.25, 0.3) is 21.3 Å². The zero-order valence-corrected chi connectivity index (χ0v) is 26.1. The molecule has 2 aliphatic carbocycles. The molecule has 0 unspecified atom stereocenters. The van der Waals surface area contributed by atoms with Crippen LogP contribution in [0.2, 0.25) is 10.0 Å². The lowest BCUT2D eigenvalue weighted by Gasteiger charge is -2.31. The summed E-state index contributed by atoms with van der Waals surface area (Å²) in [6.07, 6.45) is 7.30. The molecule has 4 fully saturated rings. The molecule has 4 aromatic rings. The van der Waals surface area contributed by atoms with Crippen molar-refractivity contribution in [3.63, 3.8) is 0 Å². The fraction of sp³-hybridized carbons (Fsp3) is 0.469. The van der Waals surface area contributed by atoms with Crippen LogP contribution in [0.3, 0.4) is 0 Å². The maximum Gasteiger partial charge on any atom is 0.337 e. The fourth-order valence-corrected chi connectivity index (χ4v) is 8.87. The van der Waals surface area contributed by atoms with Crippen molar-refractivity contribution in [2.24, 2.45) is 5.92 Å². The van der Waals surface area contributed by atoms with Crippen LogP contribution in [0.15, 0.2) is 36.5 Å². The van der Waals surface area contributed by atoms with Crippen molar-refractivity contribution in [1.29, 1.82) is 0 Å². The van der Waals surface area contributed by atoms with Crippen LogP contribution in [0.5, 0.6) is 0 Å². The van der Waals surface area contributed by atoms with Gasteiger partial charge in [0, 0.05) is 42.2 Å². The third-order valence-corrected chi connectivity index (χ3v) is 11.2. The number of hydrogen-bond donors (Lipinski definition) is 0. The Kier molecular flexibility index (Phi) is 7.14. The van der Waals surface area contributed by atoms with Crippen LogP contribution in [0.4, 0.5) is 5.13 Å². The molecule has 8 nitrogen and oxygen atoms in total. The summed E-state index contributed by atoms with van der Waals surface area (Å²) in [5.41, 5.74) is 5.48. The van der Waals surface area contributed by atoms with Crippen LogP contribution < -0.4 is 4.90 Å². The first-order valence-corrected chi connectivity index (χ1v) is 16.5. The van der Waals surface area contributed by atoms with Crippen molar-refractivity contribution in [2.45, 2.75) is 62.8 Å². The highest BCUT2D eigenvalue weighted by Gasteiger charge is 2.46. The number of rotatable bonds is 8. The lowest BCUT2D eigenvalue weighted by molar-refractivity contribution is 0.00958. The molecule has 0 N–H and O–H groups in total. The topological polar surface area (TPSA) is 78.7 Å². The molecule has 2 saturated heterocycles. The Morgan fingerprint density at radius 2 is 1.98 bits per heavy atom. The first-order valence-electron chi connectivity index (χ1n) is 15.0. The van der Waals surface area contributed by atoms with Gasteiger partial charge in [0.1, 0.15) is 0 Å². The van der Waals surface area contributed by atoms with Gasteiger partial charge in [0.15, 0.2) is 5.13 Å². The Balaban J connectivity index is 1.02. The van der Waals surface area contributed by atoms with Crippen LogP contribution in [-0.2, 0) is 20.8 Å². The van der Waals surface area contributed by atoms with Crippen LogP contribution in [0, 0.1) is 5.92 Å². The van der Waals surface area contributed by atoms with Crippen molar-refractivity contribution in [3.8, 4) is 11.1 Å². The molecule has 8 rings (SSSR count). The first-order chi connectivity index (χ1) is 21.0. The molecule has 2 aromatic heterocycles. The number of fused-ring (bicyclic) bond motifs is 3. The van der Waals surface area contributed by atoms with Crippen LogP contribution in [-0.4, -0.2) is 59.7 Å². The first kappa shape index (κ1) is 27.8. The Morgan fingerprint density at radius 3 is 2.67 bits per heavy atom. The van der Waals surface area contributed by atoms with Gasteiger partial charge in [-0.15, -0.1) is 0 Å². The van der Waals surface area contributed by atoms with E-state index in [9.17, 15) is 4.79 Å². The number of methoxy groups -OCH3 is 1. The SMILES string of the molecule is COC(=O)c1cc([C@H]2CCOC2)c2nc(N3C[C@@H]4C[C@H]3C[C@H]4OCc3c(-c4c(Cl)cccc4Cl)cnn3C3CC3)sc2c1. The zero-order valence-electron chi connectivity index (χ0n) is 23.8. The van der Waals surface area contributed by atoms with Gasteiger partial charge in [0.2, 0.25) is 0 Å². The molecule has 4 heterocycles. The monoisotopic (exact) mass is 638 g/mol. The van der Waals surface area contributed by atoms with Gasteiger partial charge in [-0.2, -0.15) is 5.10 Å². The average Bonchev–Trinajstić information content (AvgIpc) is 3.52. The third-order valence-electron chi connectivity index (χ3n) is 9.48. The molecule has 11 heteroatoms. The van der Waals surface area contributed by atoms with Gasteiger partial charge in [-0.3, -0.25) is 4.68 Å². The van der Waals surface area contributed by atoms with Gasteiger partial charge in [0.05, 0.1) is 70.2 Å². The largest absolute Gasteiger partial charge is 0.465 e. The quantitative estimate of drug-likeness (QED) is 0.188. The molecule has 0 radical (unpaired) electrons. The second-order valence-electron chi connectivity index (χ2n) is 12.1. The molecule has 43 heavy (non-hydrogen) atoms. The summed E-state index contributed by atoms with van der Waals surface area (Å²) in [7, 11) is 1.43. The third kappa shape index (κ3) is 4.93. The van der Waals surface area contributed by atoms with Crippen LogP contribution >= 0.6 is 34.5 Å². The number of thiazole rings is 1. The number of carbonyl (C=O) groups is 1. The Hall–Kier alpha value is -2.69. The number of aromatic nitrogens is 3. The molecule has 0 spiro atoms. The number of hydrogen-bond acceptors (Lipinski definition) is 8. The van der Waals surface area contributed by atoms with Gasteiger partial charge in [0.25, 0.3) is 0 Å². The molecule has 4 aliphatic rings. The predicted octanol–water partition coefficient (Wildman–Crippen LogP) is 7.28. The van der Waals surface area contributed by atoms with Crippen molar-refractivity contribution in [3.05, 3.63) is 63.4 Å². The molecular formula is C32H32Cl2N4O4S. The highest BCUT2D eigenvalue weighted by atomic mass is 35.5. The molecule has 2 aromatic carbocycles. The zero-order chi connectivity index (χ0) is 29.2. The van der Waals surface area contributed by atoms with Crippen molar-refractivity contribution >= 4 is 55.9 Å². The van der Waals surface area contributed by atoms with Gasteiger partial charge in [-0.25, -0.2) is 9.78 Å². The van der Waals surface area contributed by atoms with E-state index in [4.69, 9.17) is 47.5 Å². The summed E-state index contributed by atoms with van der Waals surface area (Å²) >= 11 is 14.9. The lowest BCUT2D eigenvalue weighted by atomic mass is 9.95. The molecule has 2 bridgehead atoms. The van der Waals surface area contributed by atoms with E-state index in [2.05, 4.69) is 9.58 Å². The lowest BCUT2D eigenvalue weighted by Crippen LogP contribution is -2.38. The minimum Gasteiger partial charge on any atom is -0.465 e. The van der Waals surface area contributed by atoms with E-state index in [1.165, 1.54) is 7.11 Å². The number of esters is 1. The van der Waals surface area contributed by atoms with E-state index < -0.39 is 0 Å². The number of halogens is 2. The highest BCUT2D eigenvalue weighted by molar-refractivity contribution is 7.22. The standard InChI is InChI=1S/C32H32Cl2N4O4S/c1-40-31(39)18-10-22(17-7-8-41-15-17)30-28(11-18)43-32(36-30)37-14-19-9-21(37)12-27(19)42-16-26-23(13-35-38(26)20-5-6-20)29-24(33)3-2-4-25(29)34/h2-4,10-11,13,17,19-21,27H,5-9,12,14-16H2,1H3/t17-,19-,21-,27+/m0/s1. The minimum absolute atomic E-state index is 0.171. The molecule has 2 aliphatic heterocycles. The molecule has 2 saturated carbocycles. The number of ether oxygens (including phenoxy) is 3. The summed E-state index contributed by atoms with van der Waals surface area (Å²) in [6, 6.07) is 10.3. The summed E-state index contributed by atoms with van der Waals surface area (Å²) < 4.78 is 20.5. The molecule has 224 valence electrons. The second kappa shape index (κ2) is 11.0. The summed E-state index contributed by atoms with van der Waals surface area (Å²) in [5.74, 6) is 0.347. The highest BCUT2D eigenvalue weighted by Crippen LogP contribution is 2.47. The Morgan fingerprint density at radius 1 is 1.14 bits per heavy atom. The van der Waals surface area contributed by atoms with E-state index in [1.807, 2.05) is 36.5 Å². The van der Waals surface area contributed by atoms with E-state index in [0.29, 0.717) is 46.8 Å². The Bertz CT molecular complexity index is 1690. The minimum atomic E-state index is -0.319. The maximum atomic E-state index is 12.5. The van der Waals surface area contributed by atoms with E-state index >= 15 is 0 Å². The van der Waals surface area contributed by atoms with Gasteiger partial charge < -0.3 is 19.1 Å². The number of benzene rings is 2. The predicted molar refractivity (Wildman–Crippen MR) is 168 cm³/mol. The van der Waals surface area contributed by atoms with E-state index in [0.717, 1.165) is 83.0 Å². The average molecular weight is 640 g/mol. The fourth-order valence-electron chi connectivity index (χ4n) is 7.15. The van der Waals surface area contributed by atoms with Gasteiger partial charge in [-0.05, 0) is 61.9 Å². The van der Waals surface area contributed by atoms with Crippen molar-refractivity contribution < 1.29 is 19.0 Å². The van der Waals surface area contributed by atoms with E-state index in [-0.39, 0.29) is 18.0 Å². The van der Waals surface area contributed by atoms with Gasteiger partial charge in [-0.1, -0.05) is 40.6 Å². The molecule has 4 atom stereocenters. The van der Waals surface area contributed by atoms with Gasteiger partial charge >= 0.3 is 5.97 Å². The molecular weight excluding hydrogens is 607 g/mol. The summed E-state index contributed by atoms with van der Waals surface area (Å²) in [4.78, 5) is 20.1. The number of piperidine rings is 1. The van der Waals surface area contributed by atoms with Crippen LogP contribution in [0.1, 0.15) is 65.7 Å².